The van der Waals surface area contributed by atoms with E-state index in [4.69, 9.17) is 0 Å². The van der Waals surface area contributed by atoms with Gasteiger partial charge in [-0.25, -0.2) is 0 Å². The molecule has 1 aliphatic heterocycles. The molecule has 1 heterocycles. The molecule has 0 aromatic carbocycles. The zero-order valence-corrected chi connectivity index (χ0v) is 7.77. The van der Waals surface area contributed by atoms with Gasteiger partial charge in [0, 0.05) is 19.1 Å². The number of nitrogens with zero attached hydrogens (tertiary/aromatic N) is 1. The fourth-order valence-corrected chi connectivity index (χ4v) is 1.45. The molecule has 1 N–H and O–H groups in total. The van der Waals surface area contributed by atoms with Crippen molar-refractivity contribution in [2.75, 3.05) is 26.2 Å². The summed E-state index contributed by atoms with van der Waals surface area (Å²) in [5, 5.41) is 3.34. The third kappa shape index (κ3) is 3.73. The highest BCUT2D eigenvalue weighted by molar-refractivity contribution is 4.86. The molecular weight excluding hydrogens is 136 g/mol. The first-order chi connectivity index (χ1) is 5.36. The van der Waals surface area contributed by atoms with Crippen LogP contribution in [0.5, 0.6) is 0 Å². The van der Waals surface area contributed by atoms with Crippen LogP contribution in [0.3, 0.4) is 0 Å². The van der Waals surface area contributed by atoms with Crippen LogP contribution in [-0.4, -0.2) is 37.1 Å². The van der Waals surface area contributed by atoms with E-state index in [-0.39, 0.29) is 0 Å². The Labute approximate surface area is 70.0 Å². The molecule has 1 aliphatic rings. The lowest BCUT2D eigenvalue weighted by Crippen LogP contribution is -2.30. The molecule has 1 atom stereocenters. The van der Waals surface area contributed by atoms with E-state index in [1.807, 2.05) is 0 Å². The Morgan fingerprint density at radius 3 is 2.18 bits per heavy atom. The molecule has 2 nitrogen and oxygen atoms in total. The summed E-state index contributed by atoms with van der Waals surface area (Å²) >= 11 is 0. The zero-order chi connectivity index (χ0) is 8.10. The van der Waals surface area contributed by atoms with Gasteiger partial charge in [-0.2, -0.15) is 0 Å². The first-order valence-electron chi connectivity index (χ1n) is 4.82. The standard InChI is InChI=1S/C9H20N2/c1-3-5-11(6-4-2)8-9-7-10-9/h9-10H,3-8H2,1-2H3. The summed E-state index contributed by atoms with van der Waals surface area (Å²) in [4.78, 5) is 2.56. The molecule has 0 aromatic heterocycles. The van der Waals surface area contributed by atoms with Crippen molar-refractivity contribution in [1.29, 1.82) is 0 Å². The molecule has 1 fully saturated rings. The highest BCUT2D eigenvalue weighted by atomic mass is 15.2. The maximum absolute atomic E-state index is 3.34. The van der Waals surface area contributed by atoms with E-state index >= 15 is 0 Å². The molecule has 2 heteroatoms. The number of nitrogens with one attached hydrogen (secondary N) is 1. The van der Waals surface area contributed by atoms with Gasteiger partial charge in [0.25, 0.3) is 0 Å². The second kappa shape index (κ2) is 4.73. The third-order valence-electron chi connectivity index (χ3n) is 2.05. The first-order valence-corrected chi connectivity index (χ1v) is 4.82. The molecule has 0 radical (unpaired) electrons. The van der Waals surface area contributed by atoms with E-state index in [2.05, 4.69) is 24.1 Å². The Morgan fingerprint density at radius 2 is 1.82 bits per heavy atom. The Bertz CT molecular complexity index is 93.7. The minimum atomic E-state index is 0.813. The van der Waals surface area contributed by atoms with Crippen LogP contribution in [0.2, 0.25) is 0 Å². The second-order valence-corrected chi connectivity index (χ2v) is 3.41. The van der Waals surface area contributed by atoms with Crippen LogP contribution in [0.1, 0.15) is 26.7 Å². The lowest BCUT2D eigenvalue weighted by atomic mass is 10.3. The van der Waals surface area contributed by atoms with Crippen molar-refractivity contribution >= 4 is 0 Å². The highest BCUT2D eigenvalue weighted by Gasteiger charge is 2.21. The fraction of sp³-hybridized carbons (Fsp3) is 1.00. The normalized spacial score (nSPS) is 22.6. The van der Waals surface area contributed by atoms with Crippen LogP contribution in [0.4, 0.5) is 0 Å². The van der Waals surface area contributed by atoms with Crippen molar-refractivity contribution < 1.29 is 0 Å². The predicted molar refractivity (Wildman–Crippen MR) is 48.8 cm³/mol. The van der Waals surface area contributed by atoms with Crippen LogP contribution in [-0.2, 0) is 0 Å². The fourth-order valence-electron chi connectivity index (χ4n) is 1.45. The first kappa shape index (κ1) is 9.01. The van der Waals surface area contributed by atoms with Crippen LogP contribution < -0.4 is 5.32 Å². The second-order valence-electron chi connectivity index (χ2n) is 3.41. The van der Waals surface area contributed by atoms with E-state index < -0.39 is 0 Å². The van der Waals surface area contributed by atoms with Crippen LogP contribution in [0.15, 0.2) is 0 Å². The maximum Gasteiger partial charge on any atom is 0.0320 e. The van der Waals surface area contributed by atoms with Crippen molar-refractivity contribution in [2.24, 2.45) is 0 Å². The lowest BCUT2D eigenvalue weighted by Gasteiger charge is -2.19. The minimum absolute atomic E-state index is 0.813. The number of hydrogen-bond acceptors (Lipinski definition) is 2. The molecule has 11 heavy (non-hydrogen) atoms. The van der Waals surface area contributed by atoms with Gasteiger partial charge < -0.3 is 10.2 Å². The van der Waals surface area contributed by atoms with Crippen LogP contribution in [0, 0.1) is 0 Å². The summed E-state index contributed by atoms with van der Waals surface area (Å²) in [6.07, 6.45) is 2.57. The summed E-state index contributed by atoms with van der Waals surface area (Å²) < 4.78 is 0. The largest absolute Gasteiger partial charge is 0.310 e. The molecule has 1 saturated heterocycles. The molecule has 0 amide bonds. The summed E-state index contributed by atoms with van der Waals surface area (Å²) in [6, 6.07) is 0.813. The molecule has 0 bridgehead atoms. The number of hydrogen-bond donors (Lipinski definition) is 1. The summed E-state index contributed by atoms with van der Waals surface area (Å²) in [5.74, 6) is 0. The predicted octanol–water partition coefficient (Wildman–Crippen LogP) is 1.08. The molecule has 0 saturated carbocycles. The van der Waals surface area contributed by atoms with E-state index in [1.54, 1.807) is 0 Å². The average Bonchev–Trinajstić information content (AvgIpc) is 2.73. The number of rotatable bonds is 6. The smallest absolute Gasteiger partial charge is 0.0320 e. The van der Waals surface area contributed by atoms with Gasteiger partial charge in [0.15, 0.2) is 0 Å². The quantitative estimate of drug-likeness (QED) is 0.582. The molecule has 0 aromatic rings. The summed E-state index contributed by atoms with van der Waals surface area (Å²) in [5.41, 5.74) is 0. The Kier molecular flexibility index (Phi) is 3.87. The summed E-state index contributed by atoms with van der Waals surface area (Å²) in [7, 11) is 0. The van der Waals surface area contributed by atoms with Crippen molar-refractivity contribution in [3.8, 4) is 0 Å². The Balaban J connectivity index is 2.08. The van der Waals surface area contributed by atoms with Crippen molar-refractivity contribution in [1.82, 2.24) is 10.2 Å². The molecule has 1 unspecified atom stereocenters. The Morgan fingerprint density at radius 1 is 1.27 bits per heavy atom. The third-order valence-corrected chi connectivity index (χ3v) is 2.05. The average molecular weight is 156 g/mol. The minimum Gasteiger partial charge on any atom is -0.310 e. The molecule has 0 aliphatic carbocycles. The monoisotopic (exact) mass is 156 g/mol. The molecule has 1 rings (SSSR count). The maximum atomic E-state index is 3.34. The van der Waals surface area contributed by atoms with Gasteiger partial charge in [-0.15, -0.1) is 0 Å². The molecule has 0 spiro atoms. The van der Waals surface area contributed by atoms with Gasteiger partial charge >= 0.3 is 0 Å². The van der Waals surface area contributed by atoms with E-state index in [1.165, 1.54) is 39.0 Å². The van der Waals surface area contributed by atoms with Gasteiger partial charge in [0.05, 0.1) is 0 Å². The van der Waals surface area contributed by atoms with E-state index in [0.29, 0.717) is 0 Å². The van der Waals surface area contributed by atoms with Crippen molar-refractivity contribution in [3.63, 3.8) is 0 Å². The SMILES string of the molecule is CCCN(CCC)CC1CN1. The van der Waals surface area contributed by atoms with Crippen molar-refractivity contribution in [2.45, 2.75) is 32.7 Å². The van der Waals surface area contributed by atoms with Gasteiger partial charge in [0.2, 0.25) is 0 Å². The van der Waals surface area contributed by atoms with Gasteiger partial charge in [-0.3, -0.25) is 0 Å². The summed E-state index contributed by atoms with van der Waals surface area (Å²) in [6.45, 7) is 9.55. The molecule has 66 valence electrons. The topological polar surface area (TPSA) is 25.2 Å². The highest BCUT2D eigenvalue weighted by Crippen LogP contribution is 2.02. The van der Waals surface area contributed by atoms with Crippen LogP contribution in [0.25, 0.3) is 0 Å². The zero-order valence-electron chi connectivity index (χ0n) is 7.77. The lowest BCUT2D eigenvalue weighted by molar-refractivity contribution is 0.277. The van der Waals surface area contributed by atoms with Gasteiger partial charge in [0.1, 0.15) is 0 Å². The van der Waals surface area contributed by atoms with E-state index in [9.17, 15) is 0 Å². The van der Waals surface area contributed by atoms with E-state index in [0.717, 1.165) is 6.04 Å². The van der Waals surface area contributed by atoms with Gasteiger partial charge in [-0.1, -0.05) is 13.8 Å². The Hall–Kier alpha value is -0.0800. The van der Waals surface area contributed by atoms with Crippen molar-refractivity contribution in [3.05, 3.63) is 0 Å². The molecular formula is C9H20N2. The van der Waals surface area contributed by atoms with Crippen LogP contribution >= 0.6 is 0 Å². The van der Waals surface area contributed by atoms with Gasteiger partial charge in [-0.05, 0) is 25.9 Å².